The molecule has 3 aliphatic rings. The number of hydrogen-bond donors (Lipinski definition) is 4. The second kappa shape index (κ2) is 13.0. The van der Waals surface area contributed by atoms with Crippen LogP contribution in [-0.2, 0) is 9.53 Å². The first-order chi connectivity index (χ1) is 20.7. The fourth-order valence-electron chi connectivity index (χ4n) is 5.87. The molecule has 228 valence electrons. The number of halogens is 2. The third-order valence-electron chi connectivity index (χ3n) is 8.27. The molecule has 3 unspecified atom stereocenters. The fraction of sp³-hybridized carbons (Fsp3) is 0.419. The quantitative estimate of drug-likeness (QED) is 0.300. The Hall–Kier alpha value is -4.12. The van der Waals surface area contributed by atoms with E-state index in [1.54, 1.807) is 35.4 Å². The molecule has 43 heavy (non-hydrogen) atoms. The third kappa shape index (κ3) is 6.61. The van der Waals surface area contributed by atoms with E-state index < -0.39 is 18.0 Å². The number of imidazole rings is 1. The molecule has 4 N–H and O–H groups in total. The Morgan fingerprint density at radius 3 is 2.81 bits per heavy atom. The van der Waals surface area contributed by atoms with Crippen molar-refractivity contribution in [3.8, 4) is 11.3 Å². The number of hydrogen-bond acceptors (Lipinski definition) is 5. The van der Waals surface area contributed by atoms with Crippen molar-refractivity contribution in [2.45, 2.75) is 64.5 Å². The Bertz CT molecular complexity index is 1520. The number of nitrogens with one attached hydrogen (secondary N) is 4. The zero-order valence-corrected chi connectivity index (χ0v) is 25.2. The number of urea groups is 1. The van der Waals surface area contributed by atoms with E-state index in [1.165, 1.54) is 7.11 Å². The standard InChI is InChI=1S/C31H36ClFN6O4/c1-17-7-4-5-9-21(32)27(33)26(17)22-13-14-39(30(41)38-22)25-10-6-8-18(2)29(40)37-23-15-19(35-31(42)43-3)11-12-20(23)24-16-34-28(25)36-24/h5,9,11-12,15-16,18,22,25H,4,6-8,10,13-14H2,1-3H3,(H,34,36)(H,35,42)(H,37,40)(H,38,41). The summed E-state index contributed by atoms with van der Waals surface area (Å²) >= 11 is 6.21. The highest BCUT2D eigenvalue weighted by molar-refractivity contribution is 6.31. The smallest absolute Gasteiger partial charge is 0.411 e. The van der Waals surface area contributed by atoms with Crippen molar-refractivity contribution < 1.29 is 23.5 Å². The Morgan fingerprint density at radius 1 is 1.23 bits per heavy atom. The van der Waals surface area contributed by atoms with Gasteiger partial charge in [0.05, 0.1) is 41.8 Å². The van der Waals surface area contributed by atoms with Crippen LogP contribution >= 0.6 is 11.6 Å². The van der Waals surface area contributed by atoms with Crippen LogP contribution in [0.3, 0.4) is 0 Å². The van der Waals surface area contributed by atoms with Gasteiger partial charge in [0.25, 0.3) is 0 Å². The Balaban J connectivity index is 1.44. The number of amides is 4. The molecular formula is C31H36ClFN6O4. The van der Waals surface area contributed by atoms with Crippen molar-refractivity contribution in [3.63, 3.8) is 0 Å². The number of anilines is 2. The summed E-state index contributed by atoms with van der Waals surface area (Å²) in [6.45, 7) is 4.14. The minimum Gasteiger partial charge on any atom is -0.453 e. The maximum atomic E-state index is 15.3. The lowest BCUT2D eigenvalue weighted by Gasteiger charge is -2.38. The van der Waals surface area contributed by atoms with Crippen LogP contribution in [0, 0.1) is 5.92 Å². The van der Waals surface area contributed by atoms with E-state index in [2.05, 4.69) is 25.9 Å². The van der Waals surface area contributed by atoms with Crippen molar-refractivity contribution in [2.24, 2.45) is 5.92 Å². The van der Waals surface area contributed by atoms with Crippen molar-refractivity contribution in [1.82, 2.24) is 20.2 Å². The van der Waals surface area contributed by atoms with Gasteiger partial charge in [-0.25, -0.2) is 19.0 Å². The van der Waals surface area contributed by atoms with Crippen LogP contribution in [0.4, 0.5) is 25.4 Å². The summed E-state index contributed by atoms with van der Waals surface area (Å²) in [5.41, 5.74) is 3.62. The van der Waals surface area contributed by atoms with Gasteiger partial charge in [0.1, 0.15) is 11.7 Å². The average Bonchev–Trinajstić information content (AvgIpc) is 3.46. The molecule has 2 bridgehead atoms. The van der Waals surface area contributed by atoms with Crippen LogP contribution in [0.15, 0.2) is 58.6 Å². The summed E-state index contributed by atoms with van der Waals surface area (Å²) in [7, 11) is 1.27. The Kier molecular flexibility index (Phi) is 9.19. The SMILES string of the molecule is COC(=O)Nc1ccc2c(c1)NC(=O)C(C)CCCC(N1CCC(C3=C(C)CCC=CC(Cl)=C3F)NC1=O)c1ncc-2[nH]1. The first-order valence-corrected chi connectivity index (χ1v) is 14.9. The van der Waals surface area contributed by atoms with Crippen LogP contribution < -0.4 is 16.0 Å². The number of aromatic amines is 1. The largest absolute Gasteiger partial charge is 0.453 e. The number of ether oxygens (including phenoxy) is 1. The maximum absolute atomic E-state index is 15.3. The molecule has 1 fully saturated rings. The monoisotopic (exact) mass is 610 g/mol. The van der Waals surface area contributed by atoms with E-state index in [1.807, 2.05) is 19.9 Å². The van der Waals surface area contributed by atoms with Gasteiger partial charge in [-0.15, -0.1) is 0 Å². The number of nitrogens with zero attached hydrogens (tertiary/aromatic N) is 2. The summed E-state index contributed by atoms with van der Waals surface area (Å²) in [6, 6.07) is 3.96. The molecule has 2 aromatic rings. The van der Waals surface area contributed by atoms with Gasteiger partial charge in [-0.3, -0.25) is 10.1 Å². The molecule has 3 heterocycles. The summed E-state index contributed by atoms with van der Waals surface area (Å²) < 4.78 is 20.0. The Morgan fingerprint density at radius 2 is 2.05 bits per heavy atom. The van der Waals surface area contributed by atoms with E-state index in [-0.39, 0.29) is 28.9 Å². The first-order valence-electron chi connectivity index (χ1n) is 14.5. The molecule has 10 nitrogen and oxygen atoms in total. The summed E-state index contributed by atoms with van der Waals surface area (Å²) in [6.07, 6.45) is 8.27. The van der Waals surface area contributed by atoms with E-state index in [4.69, 9.17) is 16.3 Å². The molecule has 1 aromatic heterocycles. The lowest BCUT2D eigenvalue weighted by atomic mass is 9.91. The Labute approximate surface area is 254 Å². The second-order valence-corrected chi connectivity index (χ2v) is 11.6. The van der Waals surface area contributed by atoms with E-state index in [9.17, 15) is 14.4 Å². The number of carbonyl (C=O) groups excluding carboxylic acids is 3. The second-order valence-electron chi connectivity index (χ2n) is 11.2. The van der Waals surface area contributed by atoms with Gasteiger partial charge in [0, 0.05) is 29.3 Å². The molecule has 5 rings (SSSR count). The minimum atomic E-state index is -0.624. The highest BCUT2D eigenvalue weighted by atomic mass is 35.5. The van der Waals surface area contributed by atoms with E-state index in [0.717, 1.165) is 12.0 Å². The normalized spacial score (nSPS) is 23.3. The highest BCUT2D eigenvalue weighted by Gasteiger charge is 2.36. The summed E-state index contributed by atoms with van der Waals surface area (Å²) in [5.74, 6) is -0.328. The number of methoxy groups -OCH3 is 1. The molecule has 4 amide bonds. The van der Waals surface area contributed by atoms with Crippen molar-refractivity contribution in [3.05, 3.63) is 64.4 Å². The predicted octanol–water partition coefficient (Wildman–Crippen LogP) is 6.92. The van der Waals surface area contributed by atoms with Gasteiger partial charge in [0.2, 0.25) is 5.91 Å². The molecule has 2 aliphatic heterocycles. The zero-order valence-electron chi connectivity index (χ0n) is 24.4. The summed E-state index contributed by atoms with van der Waals surface area (Å²) in [5, 5.41) is 8.68. The van der Waals surface area contributed by atoms with E-state index in [0.29, 0.717) is 72.7 Å². The minimum absolute atomic E-state index is 0.0415. The number of aromatic nitrogens is 2. The molecule has 0 spiro atoms. The van der Waals surface area contributed by atoms with Crippen LogP contribution in [0.25, 0.3) is 11.3 Å². The number of carbonyl (C=O) groups is 3. The third-order valence-corrected chi connectivity index (χ3v) is 8.56. The number of allylic oxidation sites excluding steroid dienone is 4. The number of benzene rings is 1. The fourth-order valence-corrected chi connectivity index (χ4v) is 6.06. The number of H-pyrrole nitrogens is 1. The molecule has 0 radical (unpaired) electrons. The lowest BCUT2D eigenvalue weighted by Crippen LogP contribution is -2.53. The van der Waals surface area contributed by atoms with Crippen LogP contribution in [0.1, 0.15) is 64.2 Å². The topological polar surface area (TPSA) is 128 Å². The van der Waals surface area contributed by atoms with Crippen LogP contribution in [0.5, 0.6) is 0 Å². The van der Waals surface area contributed by atoms with Crippen LogP contribution in [0.2, 0.25) is 0 Å². The highest BCUT2D eigenvalue weighted by Crippen LogP contribution is 2.37. The molecule has 1 aromatic carbocycles. The van der Waals surface area contributed by atoms with Gasteiger partial charge in [-0.1, -0.05) is 36.6 Å². The van der Waals surface area contributed by atoms with Gasteiger partial charge >= 0.3 is 12.1 Å². The first kappa shape index (κ1) is 30.3. The van der Waals surface area contributed by atoms with Crippen molar-refractivity contribution in [1.29, 1.82) is 0 Å². The van der Waals surface area contributed by atoms with Crippen molar-refractivity contribution in [2.75, 3.05) is 24.3 Å². The van der Waals surface area contributed by atoms with Gasteiger partial charge in [0.15, 0.2) is 0 Å². The van der Waals surface area contributed by atoms with Gasteiger partial charge in [-0.05, 0) is 63.3 Å². The molecule has 1 aliphatic carbocycles. The van der Waals surface area contributed by atoms with Gasteiger partial charge in [-0.2, -0.15) is 0 Å². The molecule has 0 saturated carbocycles. The van der Waals surface area contributed by atoms with Crippen LogP contribution in [-0.4, -0.2) is 52.6 Å². The average molecular weight is 611 g/mol. The predicted molar refractivity (Wildman–Crippen MR) is 163 cm³/mol. The molecule has 1 saturated heterocycles. The maximum Gasteiger partial charge on any atom is 0.411 e. The molecule has 12 heteroatoms. The number of rotatable bonds is 3. The van der Waals surface area contributed by atoms with Crippen molar-refractivity contribution >= 4 is 41.0 Å². The van der Waals surface area contributed by atoms with Gasteiger partial charge < -0.3 is 25.3 Å². The lowest BCUT2D eigenvalue weighted by molar-refractivity contribution is -0.119. The number of fused-ring (bicyclic) bond motifs is 4. The zero-order chi connectivity index (χ0) is 30.7. The molecule has 3 atom stereocenters. The summed E-state index contributed by atoms with van der Waals surface area (Å²) in [4.78, 5) is 48.2. The van der Waals surface area contributed by atoms with E-state index >= 15 is 4.39 Å². The molecular weight excluding hydrogens is 575 g/mol.